The predicted octanol–water partition coefficient (Wildman–Crippen LogP) is 1.78. The Hall–Kier alpha value is -0.570. The first-order valence-corrected chi connectivity index (χ1v) is 6.78. The molecule has 1 aliphatic carbocycles. The van der Waals surface area contributed by atoms with Crippen LogP contribution in [-0.2, 0) is 4.79 Å². The molecule has 1 saturated heterocycles. The molecule has 2 rings (SSSR count). The molecule has 92 valence electrons. The summed E-state index contributed by atoms with van der Waals surface area (Å²) < 4.78 is 0. The van der Waals surface area contributed by atoms with Crippen LogP contribution in [-0.4, -0.2) is 36.5 Å². The highest BCUT2D eigenvalue weighted by Crippen LogP contribution is 2.32. The van der Waals surface area contributed by atoms with Gasteiger partial charge in [0.1, 0.15) is 0 Å². The molecule has 1 amide bonds. The van der Waals surface area contributed by atoms with Gasteiger partial charge in [-0.1, -0.05) is 0 Å². The molecular formula is C13H24N2O. The largest absolute Gasteiger partial charge is 0.343 e. The standard InChI is InChI=1S/C13H24N2O/c1-11(12-6-7-12)14-8-4-10-15-9-3-2-5-13(15)16/h11-12,14H,2-10H2,1H3. The van der Waals surface area contributed by atoms with Gasteiger partial charge in [-0.15, -0.1) is 0 Å². The third-order valence-electron chi connectivity index (χ3n) is 3.82. The summed E-state index contributed by atoms with van der Waals surface area (Å²) in [5.41, 5.74) is 0. The third-order valence-corrected chi connectivity index (χ3v) is 3.82. The fourth-order valence-electron chi connectivity index (χ4n) is 2.46. The molecule has 2 aliphatic rings. The fourth-order valence-corrected chi connectivity index (χ4v) is 2.46. The lowest BCUT2D eigenvalue weighted by Crippen LogP contribution is -2.38. The number of hydrogen-bond donors (Lipinski definition) is 1. The second-order valence-corrected chi connectivity index (χ2v) is 5.27. The summed E-state index contributed by atoms with van der Waals surface area (Å²) in [5, 5.41) is 3.56. The Labute approximate surface area is 98.6 Å². The molecule has 1 saturated carbocycles. The maximum atomic E-state index is 11.5. The molecule has 0 radical (unpaired) electrons. The normalized spacial score (nSPS) is 23.6. The number of hydrogen-bond acceptors (Lipinski definition) is 2. The molecule has 0 spiro atoms. The van der Waals surface area contributed by atoms with E-state index in [1.165, 1.54) is 19.3 Å². The second-order valence-electron chi connectivity index (χ2n) is 5.27. The van der Waals surface area contributed by atoms with Crippen LogP contribution in [0.15, 0.2) is 0 Å². The van der Waals surface area contributed by atoms with Crippen molar-refractivity contribution >= 4 is 5.91 Å². The summed E-state index contributed by atoms with van der Waals surface area (Å²) in [6.07, 6.45) is 6.95. The maximum Gasteiger partial charge on any atom is 0.222 e. The number of carbonyl (C=O) groups excluding carboxylic acids is 1. The van der Waals surface area contributed by atoms with E-state index in [9.17, 15) is 4.79 Å². The third kappa shape index (κ3) is 3.48. The van der Waals surface area contributed by atoms with Crippen molar-refractivity contribution in [3.8, 4) is 0 Å². The molecule has 2 fully saturated rings. The number of piperidine rings is 1. The minimum Gasteiger partial charge on any atom is -0.343 e. The van der Waals surface area contributed by atoms with Crippen molar-refractivity contribution in [1.29, 1.82) is 0 Å². The molecule has 1 unspecified atom stereocenters. The molecule has 0 aromatic carbocycles. The van der Waals surface area contributed by atoms with E-state index in [1.54, 1.807) is 0 Å². The Kier molecular flexibility index (Phi) is 4.22. The van der Waals surface area contributed by atoms with Crippen molar-refractivity contribution < 1.29 is 4.79 Å². The number of likely N-dealkylation sites (tertiary alicyclic amines) is 1. The zero-order valence-corrected chi connectivity index (χ0v) is 10.4. The molecule has 1 aliphatic heterocycles. The highest BCUT2D eigenvalue weighted by Gasteiger charge is 2.27. The van der Waals surface area contributed by atoms with Gasteiger partial charge in [0.2, 0.25) is 5.91 Å². The molecule has 1 heterocycles. The van der Waals surface area contributed by atoms with Crippen LogP contribution in [0.5, 0.6) is 0 Å². The fraction of sp³-hybridized carbons (Fsp3) is 0.923. The van der Waals surface area contributed by atoms with E-state index >= 15 is 0 Å². The smallest absolute Gasteiger partial charge is 0.222 e. The van der Waals surface area contributed by atoms with Gasteiger partial charge in [0.25, 0.3) is 0 Å². The quantitative estimate of drug-likeness (QED) is 0.697. The van der Waals surface area contributed by atoms with E-state index in [1.807, 2.05) is 4.90 Å². The number of carbonyl (C=O) groups is 1. The zero-order chi connectivity index (χ0) is 11.4. The molecule has 0 aromatic rings. The molecule has 3 heteroatoms. The highest BCUT2D eigenvalue weighted by molar-refractivity contribution is 5.76. The van der Waals surface area contributed by atoms with Gasteiger partial charge in [-0.2, -0.15) is 0 Å². The topological polar surface area (TPSA) is 32.3 Å². The Morgan fingerprint density at radius 3 is 2.94 bits per heavy atom. The Morgan fingerprint density at radius 2 is 2.25 bits per heavy atom. The Balaban J connectivity index is 1.54. The summed E-state index contributed by atoms with van der Waals surface area (Å²) in [7, 11) is 0. The summed E-state index contributed by atoms with van der Waals surface area (Å²) >= 11 is 0. The van der Waals surface area contributed by atoms with E-state index in [0.29, 0.717) is 11.9 Å². The van der Waals surface area contributed by atoms with E-state index in [0.717, 1.165) is 44.8 Å². The monoisotopic (exact) mass is 224 g/mol. The lowest BCUT2D eigenvalue weighted by Gasteiger charge is -2.27. The molecule has 3 nitrogen and oxygen atoms in total. The van der Waals surface area contributed by atoms with E-state index in [-0.39, 0.29) is 0 Å². The minimum atomic E-state index is 0.362. The minimum absolute atomic E-state index is 0.362. The molecular weight excluding hydrogens is 200 g/mol. The van der Waals surface area contributed by atoms with E-state index < -0.39 is 0 Å². The van der Waals surface area contributed by atoms with Crippen molar-refractivity contribution in [1.82, 2.24) is 10.2 Å². The molecule has 16 heavy (non-hydrogen) atoms. The predicted molar refractivity (Wildman–Crippen MR) is 65.2 cm³/mol. The number of nitrogens with one attached hydrogen (secondary N) is 1. The van der Waals surface area contributed by atoms with Gasteiger partial charge < -0.3 is 10.2 Å². The van der Waals surface area contributed by atoms with Crippen LogP contribution < -0.4 is 5.32 Å². The van der Waals surface area contributed by atoms with Gasteiger partial charge in [0.15, 0.2) is 0 Å². The summed E-state index contributed by atoms with van der Waals surface area (Å²) in [6.45, 7) is 5.27. The van der Waals surface area contributed by atoms with E-state index in [2.05, 4.69) is 12.2 Å². The first kappa shape index (κ1) is 11.9. The highest BCUT2D eigenvalue weighted by atomic mass is 16.2. The van der Waals surface area contributed by atoms with Crippen molar-refractivity contribution in [3.05, 3.63) is 0 Å². The van der Waals surface area contributed by atoms with E-state index in [4.69, 9.17) is 0 Å². The number of rotatable bonds is 6. The van der Waals surface area contributed by atoms with Gasteiger partial charge in [0.05, 0.1) is 0 Å². The lowest BCUT2D eigenvalue weighted by molar-refractivity contribution is -0.133. The van der Waals surface area contributed by atoms with Crippen LogP contribution in [0.2, 0.25) is 0 Å². The SMILES string of the molecule is CC(NCCCN1CCCCC1=O)C1CC1. The first-order valence-electron chi connectivity index (χ1n) is 6.78. The van der Waals surface area contributed by atoms with Crippen LogP contribution >= 0.6 is 0 Å². The van der Waals surface area contributed by atoms with Crippen molar-refractivity contribution in [2.24, 2.45) is 5.92 Å². The first-order chi connectivity index (χ1) is 7.77. The Bertz CT molecular complexity index is 238. The van der Waals surface area contributed by atoms with Crippen molar-refractivity contribution in [3.63, 3.8) is 0 Å². The van der Waals surface area contributed by atoms with Gasteiger partial charge >= 0.3 is 0 Å². The second kappa shape index (κ2) is 5.67. The van der Waals surface area contributed by atoms with Gasteiger partial charge in [0, 0.05) is 25.6 Å². The van der Waals surface area contributed by atoms with Crippen LogP contribution in [0.1, 0.15) is 45.4 Å². The number of nitrogens with zero attached hydrogens (tertiary/aromatic N) is 1. The zero-order valence-electron chi connectivity index (χ0n) is 10.4. The van der Waals surface area contributed by atoms with Crippen molar-refractivity contribution in [2.75, 3.05) is 19.6 Å². The van der Waals surface area contributed by atoms with Crippen molar-refractivity contribution in [2.45, 2.75) is 51.5 Å². The summed E-state index contributed by atoms with van der Waals surface area (Å²) in [4.78, 5) is 13.6. The average Bonchev–Trinajstić information content (AvgIpc) is 3.10. The van der Waals surface area contributed by atoms with Crippen LogP contribution in [0, 0.1) is 5.92 Å². The van der Waals surface area contributed by atoms with Gasteiger partial charge in [-0.25, -0.2) is 0 Å². The van der Waals surface area contributed by atoms with Gasteiger partial charge in [-0.05, 0) is 51.5 Å². The average molecular weight is 224 g/mol. The molecule has 0 bridgehead atoms. The van der Waals surface area contributed by atoms with Crippen LogP contribution in [0.4, 0.5) is 0 Å². The maximum absolute atomic E-state index is 11.5. The van der Waals surface area contributed by atoms with Crippen LogP contribution in [0.25, 0.3) is 0 Å². The molecule has 1 atom stereocenters. The Morgan fingerprint density at radius 1 is 1.44 bits per heavy atom. The number of amides is 1. The van der Waals surface area contributed by atoms with Crippen LogP contribution in [0.3, 0.4) is 0 Å². The summed E-state index contributed by atoms with van der Waals surface area (Å²) in [5.74, 6) is 1.29. The molecule has 1 N–H and O–H groups in total. The summed E-state index contributed by atoms with van der Waals surface area (Å²) in [6, 6.07) is 0.678. The molecule has 0 aromatic heterocycles. The lowest BCUT2D eigenvalue weighted by atomic mass is 10.1. The van der Waals surface area contributed by atoms with Gasteiger partial charge in [-0.3, -0.25) is 4.79 Å².